The standard InChI is InChI=1S/C13H24N4O3/c1-9(2)16-13(12(17(19)20)11(4)15-16)14-7-5-6-10(3)8-18/h9-10,14,18H,5-8H2,1-4H3. The highest BCUT2D eigenvalue weighted by atomic mass is 16.6. The Hall–Kier alpha value is -1.63. The first-order chi connectivity index (χ1) is 9.38. The molecule has 7 nitrogen and oxygen atoms in total. The summed E-state index contributed by atoms with van der Waals surface area (Å²) < 4.78 is 1.66. The molecular weight excluding hydrogens is 260 g/mol. The first-order valence-corrected chi connectivity index (χ1v) is 6.96. The molecule has 20 heavy (non-hydrogen) atoms. The van der Waals surface area contributed by atoms with Crippen LogP contribution in [0.3, 0.4) is 0 Å². The van der Waals surface area contributed by atoms with E-state index in [1.165, 1.54) is 0 Å². The lowest BCUT2D eigenvalue weighted by Crippen LogP contribution is -2.13. The molecule has 0 aliphatic rings. The van der Waals surface area contributed by atoms with E-state index in [2.05, 4.69) is 10.4 Å². The van der Waals surface area contributed by atoms with E-state index in [0.29, 0.717) is 18.1 Å². The molecule has 0 aliphatic carbocycles. The third-order valence-electron chi connectivity index (χ3n) is 3.20. The summed E-state index contributed by atoms with van der Waals surface area (Å²) in [6.45, 7) is 8.30. The molecule has 0 fully saturated rings. The van der Waals surface area contributed by atoms with Crippen molar-refractivity contribution in [2.45, 2.75) is 46.6 Å². The predicted molar refractivity (Wildman–Crippen MR) is 78.0 cm³/mol. The average molecular weight is 284 g/mol. The molecule has 0 amide bonds. The monoisotopic (exact) mass is 284 g/mol. The molecular formula is C13H24N4O3. The van der Waals surface area contributed by atoms with Crippen LogP contribution in [0.5, 0.6) is 0 Å². The van der Waals surface area contributed by atoms with Crippen LogP contribution in [0.4, 0.5) is 11.5 Å². The Balaban J connectivity index is 2.79. The van der Waals surface area contributed by atoms with Crippen molar-refractivity contribution in [2.75, 3.05) is 18.5 Å². The topological polar surface area (TPSA) is 93.2 Å². The highest BCUT2D eigenvalue weighted by Gasteiger charge is 2.26. The maximum Gasteiger partial charge on any atom is 0.333 e. The number of aryl methyl sites for hydroxylation is 1. The predicted octanol–water partition coefficient (Wildman–Crippen LogP) is 2.50. The lowest BCUT2D eigenvalue weighted by molar-refractivity contribution is -0.384. The maximum atomic E-state index is 11.1. The largest absolute Gasteiger partial charge is 0.396 e. The maximum absolute atomic E-state index is 11.1. The number of aliphatic hydroxyl groups is 1. The summed E-state index contributed by atoms with van der Waals surface area (Å²) >= 11 is 0. The molecule has 0 saturated heterocycles. The molecule has 1 rings (SSSR count). The van der Waals surface area contributed by atoms with Crippen LogP contribution in [0, 0.1) is 23.0 Å². The van der Waals surface area contributed by atoms with Gasteiger partial charge in [0.2, 0.25) is 5.82 Å². The Bertz CT molecular complexity index is 457. The van der Waals surface area contributed by atoms with Crippen molar-refractivity contribution in [1.29, 1.82) is 0 Å². The van der Waals surface area contributed by atoms with Crippen LogP contribution in [0.2, 0.25) is 0 Å². The van der Waals surface area contributed by atoms with Crippen LogP contribution in [-0.2, 0) is 0 Å². The van der Waals surface area contributed by atoms with Crippen LogP contribution < -0.4 is 5.32 Å². The first kappa shape index (κ1) is 16.4. The fraction of sp³-hybridized carbons (Fsp3) is 0.769. The number of rotatable bonds is 8. The van der Waals surface area contributed by atoms with Crippen molar-refractivity contribution in [2.24, 2.45) is 5.92 Å². The number of hydrogen-bond donors (Lipinski definition) is 2. The van der Waals surface area contributed by atoms with Crippen molar-refractivity contribution in [3.05, 3.63) is 15.8 Å². The zero-order valence-corrected chi connectivity index (χ0v) is 12.6. The second kappa shape index (κ2) is 7.23. The van der Waals surface area contributed by atoms with Crippen molar-refractivity contribution in [3.8, 4) is 0 Å². The summed E-state index contributed by atoms with van der Waals surface area (Å²) in [5.74, 6) is 0.725. The lowest BCUT2D eigenvalue weighted by atomic mass is 10.1. The Morgan fingerprint density at radius 1 is 1.45 bits per heavy atom. The smallest absolute Gasteiger partial charge is 0.333 e. The van der Waals surface area contributed by atoms with Gasteiger partial charge in [0.25, 0.3) is 0 Å². The van der Waals surface area contributed by atoms with Crippen molar-refractivity contribution in [1.82, 2.24) is 9.78 Å². The third kappa shape index (κ3) is 3.93. The van der Waals surface area contributed by atoms with Crippen molar-refractivity contribution < 1.29 is 10.0 Å². The van der Waals surface area contributed by atoms with Crippen LogP contribution >= 0.6 is 0 Å². The van der Waals surface area contributed by atoms with Crippen LogP contribution in [0.25, 0.3) is 0 Å². The Labute approximate surface area is 119 Å². The van der Waals surface area contributed by atoms with Gasteiger partial charge in [-0.15, -0.1) is 0 Å². The number of aromatic nitrogens is 2. The second-order valence-electron chi connectivity index (χ2n) is 5.43. The molecule has 1 unspecified atom stereocenters. The molecule has 114 valence electrons. The zero-order chi connectivity index (χ0) is 15.3. The lowest BCUT2D eigenvalue weighted by Gasteiger charge is -2.12. The number of nitrogens with zero attached hydrogens (tertiary/aromatic N) is 3. The number of aliphatic hydroxyl groups excluding tert-OH is 1. The fourth-order valence-electron chi connectivity index (χ4n) is 2.04. The quantitative estimate of drug-likeness (QED) is 0.434. The van der Waals surface area contributed by atoms with Gasteiger partial charge in [-0.3, -0.25) is 10.1 Å². The van der Waals surface area contributed by atoms with Gasteiger partial charge in [-0.25, -0.2) is 4.68 Å². The summed E-state index contributed by atoms with van der Waals surface area (Å²) in [5.41, 5.74) is 0.476. The van der Waals surface area contributed by atoms with E-state index in [1.807, 2.05) is 20.8 Å². The van der Waals surface area contributed by atoms with Gasteiger partial charge >= 0.3 is 5.69 Å². The number of nitro groups is 1. The van der Waals surface area contributed by atoms with Gasteiger partial charge in [0.15, 0.2) is 0 Å². The molecule has 1 heterocycles. The van der Waals surface area contributed by atoms with E-state index < -0.39 is 0 Å². The normalized spacial score (nSPS) is 12.7. The van der Waals surface area contributed by atoms with Crippen LogP contribution in [-0.4, -0.2) is 33.0 Å². The fourth-order valence-corrected chi connectivity index (χ4v) is 2.04. The summed E-state index contributed by atoms with van der Waals surface area (Å²) in [7, 11) is 0. The van der Waals surface area contributed by atoms with E-state index in [4.69, 9.17) is 5.11 Å². The van der Waals surface area contributed by atoms with Gasteiger partial charge in [-0.2, -0.15) is 5.10 Å². The summed E-state index contributed by atoms with van der Waals surface area (Å²) in [4.78, 5) is 10.8. The molecule has 0 aliphatic heterocycles. The SMILES string of the molecule is Cc1nn(C(C)C)c(NCCCC(C)CO)c1[N+](=O)[O-]. The van der Waals surface area contributed by atoms with E-state index >= 15 is 0 Å². The average Bonchev–Trinajstić information content (AvgIpc) is 2.71. The van der Waals surface area contributed by atoms with Crippen molar-refractivity contribution >= 4 is 11.5 Å². The highest BCUT2D eigenvalue weighted by Crippen LogP contribution is 2.30. The van der Waals surface area contributed by atoms with Gasteiger partial charge in [0.1, 0.15) is 5.69 Å². The van der Waals surface area contributed by atoms with Gasteiger partial charge in [0, 0.05) is 19.2 Å². The van der Waals surface area contributed by atoms with Gasteiger partial charge in [-0.05, 0) is 39.5 Å². The van der Waals surface area contributed by atoms with E-state index in [9.17, 15) is 10.1 Å². The molecule has 0 saturated carbocycles. The molecule has 0 bridgehead atoms. The minimum atomic E-state index is -0.389. The van der Waals surface area contributed by atoms with Crippen LogP contribution in [0.1, 0.15) is 45.3 Å². The number of hydrogen-bond acceptors (Lipinski definition) is 5. The Morgan fingerprint density at radius 2 is 2.10 bits per heavy atom. The minimum absolute atomic E-state index is 0.0499. The second-order valence-corrected chi connectivity index (χ2v) is 5.43. The van der Waals surface area contributed by atoms with Crippen LogP contribution in [0.15, 0.2) is 0 Å². The summed E-state index contributed by atoms with van der Waals surface area (Å²) in [5, 5.41) is 27.5. The summed E-state index contributed by atoms with van der Waals surface area (Å²) in [6, 6.07) is 0.0567. The zero-order valence-electron chi connectivity index (χ0n) is 12.6. The molecule has 2 N–H and O–H groups in total. The minimum Gasteiger partial charge on any atom is -0.396 e. The molecule has 1 atom stereocenters. The summed E-state index contributed by atoms with van der Waals surface area (Å²) in [6.07, 6.45) is 1.73. The van der Waals surface area contributed by atoms with Crippen molar-refractivity contribution in [3.63, 3.8) is 0 Å². The molecule has 0 radical (unpaired) electrons. The first-order valence-electron chi connectivity index (χ1n) is 6.96. The third-order valence-corrected chi connectivity index (χ3v) is 3.20. The van der Waals surface area contributed by atoms with E-state index in [0.717, 1.165) is 12.8 Å². The van der Waals surface area contributed by atoms with Gasteiger partial charge in [0.05, 0.1) is 4.92 Å². The molecule has 1 aromatic heterocycles. The van der Waals surface area contributed by atoms with E-state index in [1.54, 1.807) is 11.6 Å². The van der Waals surface area contributed by atoms with Gasteiger partial charge < -0.3 is 10.4 Å². The number of nitrogens with one attached hydrogen (secondary N) is 1. The molecule has 0 spiro atoms. The molecule has 0 aromatic carbocycles. The number of anilines is 1. The molecule has 7 heteroatoms. The van der Waals surface area contributed by atoms with E-state index in [-0.39, 0.29) is 29.2 Å². The Morgan fingerprint density at radius 3 is 2.60 bits per heavy atom. The van der Waals surface area contributed by atoms with Gasteiger partial charge in [-0.1, -0.05) is 6.92 Å². The molecule has 1 aromatic rings. The highest BCUT2D eigenvalue weighted by molar-refractivity contribution is 5.59. The Kier molecular flexibility index (Phi) is 5.94.